The SMILES string of the molecule is O=C(NC1CCN(C(=O)c2ccc(CSc3nc4ccccc4s3)cc2)CC1)C1CC1. The van der Waals surface area contributed by atoms with Gasteiger partial charge in [-0.1, -0.05) is 36.0 Å². The van der Waals surface area contributed by atoms with Gasteiger partial charge in [0.1, 0.15) is 0 Å². The number of thioether (sulfide) groups is 1. The number of para-hydroxylation sites is 1. The van der Waals surface area contributed by atoms with Crippen molar-refractivity contribution in [1.29, 1.82) is 0 Å². The molecule has 1 saturated heterocycles. The number of fused-ring (bicyclic) bond motifs is 1. The van der Waals surface area contributed by atoms with Crippen LogP contribution in [0, 0.1) is 5.92 Å². The highest BCUT2D eigenvalue weighted by atomic mass is 32.2. The summed E-state index contributed by atoms with van der Waals surface area (Å²) < 4.78 is 2.28. The Morgan fingerprint density at radius 2 is 1.77 bits per heavy atom. The van der Waals surface area contributed by atoms with E-state index in [9.17, 15) is 9.59 Å². The lowest BCUT2D eigenvalue weighted by Crippen LogP contribution is -2.46. The molecule has 1 aromatic heterocycles. The van der Waals surface area contributed by atoms with Crippen molar-refractivity contribution in [3.63, 3.8) is 0 Å². The number of amides is 2. The van der Waals surface area contributed by atoms with Crippen molar-refractivity contribution < 1.29 is 9.59 Å². The van der Waals surface area contributed by atoms with Crippen LogP contribution in [-0.2, 0) is 10.5 Å². The summed E-state index contributed by atoms with van der Waals surface area (Å²) in [4.78, 5) is 31.4. The van der Waals surface area contributed by atoms with Gasteiger partial charge in [-0.15, -0.1) is 11.3 Å². The Balaban J connectivity index is 1.12. The third kappa shape index (κ3) is 4.93. The van der Waals surface area contributed by atoms with Gasteiger partial charge in [0, 0.05) is 36.4 Å². The third-order valence-corrected chi connectivity index (χ3v) is 8.16. The summed E-state index contributed by atoms with van der Waals surface area (Å²) in [7, 11) is 0. The van der Waals surface area contributed by atoms with E-state index in [1.807, 2.05) is 47.4 Å². The van der Waals surface area contributed by atoms with Crippen LogP contribution in [0.4, 0.5) is 0 Å². The van der Waals surface area contributed by atoms with Gasteiger partial charge in [-0.3, -0.25) is 9.59 Å². The number of rotatable bonds is 6. The number of benzene rings is 2. The number of piperidine rings is 1. The van der Waals surface area contributed by atoms with Crippen molar-refractivity contribution in [3.8, 4) is 0 Å². The van der Waals surface area contributed by atoms with Crippen LogP contribution in [0.15, 0.2) is 52.9 Å². The highest BCUT2D eigenvalue weighted by Gasteiger charge is 2.32. The van der Waals surface area contributed by atoms with Gasteiger partial charge in [0.25, 0.3) is 5.91 Å². The Morgan fingerprint density at radius 3 is 2.48 bits per heavy atom. The zero-order valence-electron chi connectivity index (χ0n) is 17.3. The predicted molar refractivity (Wildman–Crippen MR) is 125 cm³/mol. The van der Waals surface area contributed by atoms with Crippen molar-refractivity contribution >= 4 is 45.1 Å². The van der Waals surface area contributed by atoms with E-state index in [2.05, 4.69) is 16.4 Å². The Morgan fingerprint density at radius 1 is 1.03 bits per heavy atom. The van der Waals surface area contributed by atoms with Crippen LogP contribution < -0.4 is 5.32 Å². The fourth-order valence-corrected chi connectivity index (χ4v) is 5.90. The number of thiazole rings is 1. The maximum atomic E-state index is 12.9. The molecular weight excluding hydrogens is 426 g/mol. The lowest BCUT2D eigenvalue weighted by molar-refractivity contribution is -0.123. The van der Waals surface area contributed by atoms with Gasteiger partial charge in [-0.2, -0.15) is 0 Å². The molecule has 31 heavy (non-hydrogen) atoms. The highest BCUT2D eigenvalue weighted by molar-refractivity contribution is 8.00. The first-order valence-corrected chi connectivity index (χ1v) is 12.6. The number of hydrogen-bond donors (Lipinski definition) is 1. The van der Waals surface area contributed by atoms with Gasteiger partial charge in [0.05, 0.1) is 10.2 Å². The summed E-state index contributed by atoms with van der Waals surface area (Å²) in [6.45, 7) is 1.40. The van der Waals surface area contributed by atoms with Gasteiger partial charge in [-0.05, 0) is 55.5 Å². The van der Waals surface area contributed by atoms with Crippen LogP contribution >= 0.6 is 23.1 Å². The molecule has 1 N–H and O–H groups in total. The van der Waals surface area contributed by atoms with E-state index in [0.717, 1.165) is 46.9 Å². The molecule has 1 saturated carbocycles. The molecule has 0 radical (unpaired) electrons. The lowest BCUT2D eigenvalue weighted by Gasteiger charge is -2.32. The predicted octanol–water partition coefficient (Wildman–Crippen LogP) is 4.72. The molecule has 7 heteroatoms. The number of aromatic nitrogens is 1. The summed E-state index contributed by atoms with van der Waals surface area (Å²) in [6, 6.07) is 16.3. The number of hydrogen-bond acceptors (Lipinski definition) is 5. The molecule has 0 unspecified atom stereocenters. The van der Waals surface area contributed by atoms with E-state index in [0.29, 0.717) is 13.1 Å². The Hall–Kier alpha value is -2.38. The van der Waals surface area contributed by atoms with Crippen LogP contribution in [-0.4, -0.2) is 40.8 Å². The molecule has 1 aliphatic carbocycles. The summed E-state index contributed by atoms with van der Waals surface area (Å²) in [5, 5.41) is 3.14. The lowest BCUT2D eigenvalue weighted by atomic mass is 10.0. The van der Waals surface area contributed by atoms with Gasteiger partial charge >= 0.3 is 0 Å². The molecule has 2 fully saturated rings. The topological polar surface area (TPSA) is 62.3 Å². The number of nitrogens with zero attached hydrogens (tertiary/aromatic N) is 2. The Kier molecular flexibility index (Phi) is 5.96. The number of likely N-dealkylation sites (tertiary alicyclic amines) is 1. The van der Waals surface area contributed by atoms with E-state index < -0.39 is 0 Å². The first-order valence-electron chi connectivity index (χ1n) is 10.8. The number of carbonyl (C=O) groups is 2. The van der Waals surface area contributed by atoms with E-state index >= 15 is 0 Å². The molecule has 2 aliphatic rings. The molecule has 1 aliphatic heterocycles. The summed E-state index contributed by atoms with van der Waals surface area (Å²) in [5.41, 5.74) is 2.96. The average molecular weight is 452 g/mol. The van der Waals surface area contributed by atoms with E-state index in [1.54, 1.807) is 23.1 Å². The van der Waals surface area contributed by atoms with Crippen molar-refractivity contribution in [2.45, 2.75) is 41.8 Å². The van der Waals surface area contributed by atoms with Crippen molar-refractivity contribution in [3.05, 3.63) is 59.7 Å². The van der Waals surface area contributed by atoms with Crippen LogP contribution in [0.5, 0.6) is 0 Å². The smallest absolute Gasteiger partial charge is 0.253 e. The summed E-state index contributed by atoms with van der Waals surface area (Å²) >= 11 is 3.45. The number of carbonyl (C=O) groups excluding carboxylic acids is 2. The summed E-state index contributed by atoms with van der Waals surface area (Å²) in [6.07, 6.45) is 3.72. The standard InChI is InChI=1S/C24H25N3O2S2/c28-22(17-9-10-17)25-19-11-13-27(14-12-19)23(29)18-7-5-16(6-8-18)15-30-24-26-20-3-1-2-4-21(20)31-24/h1-8,17,19H,9-15H2,(H,25,28). The van der Waals surface area contributed by atoms with Gasteiger partial charge in [0.2, 0.25) is 5.91 Å². The second kappa shape index (κ2) is 9.01. The fraction of sp³-hybridized carbons (Fsp3) is 0.375. The molecule has 2 aromatic carbocycles. The van der Waals surface area contributed by atoms with E-state index in [4.69, 9.17) is 0 Å². The molecule has 160 valence electrons. The molecule has 5 nitrogen and oxygen atoms in total. The van der Waals surface area contributed by atoms with Gasteiger partial charge in [-0.25, -0.2) is 4.98 Å². The average Bonchev–Trinajstić information content (AvgIpc) is 3.57. The first kappa shape index (κ1) is 20.5. The zero-order chi connectivity index (χ0) is 21.2. The minimum atomic E-state index is 0.0809. The van der Waals surface area contributed by atoms with Crippen LogP contribution in [0.1, 0.15) is 41.6 Å². The monoisotopic (exact) mass is 451 g/mol. The molecule has 2 heterocycles. The quantitative estimate of drug-likeness (QED) is 0.551. The minimum Gasteiger partial charge on any atom is -0.353 e. The molecule has 0 atom stereocenters. The molecule has 2 amide bonds. The molecule has 0 spiro atoms. The second-order valence-corrected chi connectivity index (χ2v) is 10.5. The Bertz CT molecular complexity index is 1050. The normalized spacial score (nSPS) is 17.1. The minimum absolute atomic E-state index is 0.0809. The highest BCUT2D eigenvalue weighted by Crippen LogP contribution is 2.31. The largest absolute Gasteiger partial charge is 0.353 e. The molecule has 5 rings (SSSR count). The van der Waals surface area contributed by atoms with Crippen molar-refractivity contribution in [2.24, 2.45) is 5.92 Å². The van der Waals surface area contributed by atoms with Crippen LogP contribution in [0.3, 0.4) is 0 Å². The maximum Gasteiger partial charge on any atom is 0.253 e. The van der Waals surface area contributed by atoms with Crippen LogP contribution in [0.2, 0.25) is 0 Å². The molecule has 0 bridgehead atoms. The van der Waals surface area contributed by atoms with Crippen molar-refractivity contribution in [2.75, 3.05) is 13.1 Å². The third-order valence-electron chi connectivity index (χ3n) is 5.91. The van der Waals surface area contributed by atoms with Gasteiger partial charge in [0.15, 0.2) is 4.34 Å². The molecule has 3 aromatic rings. The van der Waals surface area contributed by atoms with E-state index in [-0.39, 0.29) is 23.8 Å². The first-order chi connectivity index (χ1) is 15.2. The maximum absolute atomic E-state index is 12.9. The summed E-state index contributed by atoms with van der Waals surface area (Å²) in [5.74, 6) is 1.35. The van der Waals surface area contributed by atoms with Gasteiger partial charge < -0.3 is 10.2 Å². The van der Waals surface area contributed by atoms with E-state index in [1.165, 1.54) is 10.3 Å². The number of nitrogens with one attached hydrogen (secondary N) is 1. The molecular formula is C24H25N3O2S2. The van der Waals surface area contributed by atoms with Crippen LogP contribution in [0.25, 0.3) is 10.2 Å². The second-order valence-electron chi connectivity index (χ2n) is 8.28. The van der Waals surface area contributed by atoms with Crippen molar-refractivity contribution in [1.82, 2.24) is 15.2 Å². The fourth-order valence-electron chi connectivity index (χ4n) is 3.88. The Labute approximate surface area is 190 Å². The zero-order valence-corrected chi connectivity index (χ0v) is 18.9.